The van der Waals surface area contributed by atoms with Gasteiger partial charge in [-0.05, 0) is 59.7 Å². The van der Waals surface area contributed by atoms with Gasteiger partial charge in [0, 0.05) is 0 Å². The molecule has 0 spiro atoms. The molecule has 0 saturated carbocycles. The van der Waals surface area contributed by atoms with Crippen LogP contribution in [0.5, 0.6) is 11.5 Å². The van der Waals surface area contributed by atoms with Gasteiger partial charge >= 0.3 is 0 Å². The van der Waals surface area contributed by atoms with Crippen LogP contribution >= 0.6 is 0 Å². The maximum Gasteiger partial charge on any atom is 0.143 e. The van der Waals surface area contributed by atoms with Crippen LogP contribution in [0.3, 0.4) is 0 Å². The zero-order chi connectivity index (χ0) is 21.3. The molecule has 0 aliphatic heterocycles. The maximum atomic E-state index is 12.5. The fourth-order valence-electron chi connectivity index (χ4n) is 3.15. The number of nitrogens with zero attached hydrogens (tertiary/aromatic N) is 1. The van der Waals surface area contributed by atoms with Gasteiger partial charge in [0.15, 0.2) is 0 Å². The molecule has 0 heterocycles. The highest BCUT2D eigenvalue weighted by Gasteiger charge is 2.11. The zero-order valence-corrected chi connectivity index (χ0v) is 17.1. The minimum Gasteiger partial charge on any atom is -0.490 e. The van der Waals surface area contributed by atoms with E-state index in [0.717, 1.165) is 28.3 Å². The van der Waals surface area contributed by atoms with Crippen molar-refractivity contribution in [2.75, 3.05) is 13.2 Å². The third-order valence-electron chi connectivity index (χ3n) is 4.76. The molecule has 0 N–H and O–H groups in total. The van der Waals surface area contributed by atoms with Crippen LogP contribution in [0.25, 0.3) is 0 Å². The molecular weight excluding hydrogens is 386 g/mol. The lowest BCUT2D eigenvalue weighted by molar-refractivity contribution is 0.124. The highest BCUT2D eigenvalue weighted by atomic mass is 16.5. The summed E-state index contributed by atoms with van der Waals surface area (Å²) in [5.74, 6) is 1.48. The summed E-state index contributed by atoms with van der Waals surface area (Å²) in [4.78, 5) is 0. The Morgan fingerprint density at radius 1 is 0.548 bits per heavy atom. The quantitative estimate of drug-likeness (QED) is 0.308. The first-order valence-corrected chi connectivity index (χ1v) is 10.2. The topological polar surface area (TPSA) is 52.5 Å². The van der Waals surface area contributed by atoms with Crippen molar-refractivity contribution >= 4 is 11.4 Å². The van der Waals surface area contributed by atoms with Crippen LogP contribution in [0.1, 0.15) is 17.2 Å². The fraction of sp³-hybridized carbons (Fsp3) is 0.111. The van der Waals surface area contributed by atoms with Crippen molar-refractivity contribution in [1.82, 2.24) is 5.32 Å². The number of rotatable bonds is 9. The van der Waals surface area contributed by atoms with Gasteiger partial charge < -0.3 is 9.47 Å². The van der Waals surface area contributed by atoms with Crippen molar-refractivity contribution in [2.45, 2.75) is 6.10 Å². The summed E-state index contributed by atoms with van der Waals surface area (Å²) in [7, 11) is 0. The first-order chi connectivity index (χ1) is 15.3. The molecule has 1 atom stereocenters. The molecule has 4 aromatic carbocycles. The summed E-state index contributed by atoms with van der Waals surface area (Å²) in [6, 6.07) is 34.1. The van der Waals surface area contributed by atoms with Gasteiger partial charge in [0.2, 0.25) is 0 Å². The van der Waals surface area contributed by atoms with Gasteiger partial charge in [0.05, 0.1) is 11.4 Å². The summed E-state index contributed by atoms with van der Waals surface area (Å²) in [6.45, 7) is 0.833. The average molecular weight is 409 g/mol. The van der Waals surface area contributed by atoms with Gasteiger partial charge in [-0.1, -0.05) is 60.7 Å². The largest absolute Gasteiger partial charge is 0.490 e. The van der Waals surface area contributed by atoms with E-state index in [1.165, 1.54) is 0 Å². The predicted octanol–water partition coefficient (Wildman–Crippen LogP) is 6.23. The molecule has 4 heteroatoms. The van der Waals surface area contributed by atoms with Crippen molar-refractivity contribution in [3.05, 3.63) is 120 Å². The molecule has 4 rings (SSSR count). The standard InChI is InChI=1S/C27H23NO3/c29-27(21-7-3-1-4-8-21)22-11-15-25(16-12-22)30-19-20-31-26-17-13-24(14-18-26)28-23-9-5-2-6-10-23/h1-18,27H,19-20H2. The van der Waals surface area contributed by atoms with E-state index in [9.17, 15) is 5.11 Å². The summed E-state index contributed by atoms with van der Waals surface area (Å²) in [6.07, 6.45) is -0.893. The zero-order valence-electron chi connectivity index (χ0n) is 17.1. The van der Waals surface area contributed by atoms with Gasteiger partial charge in [-0.15, -0.1) is 0 Å². The predicted molar refractivity (Wildman–Crippen MR) is 121 cm³/mol. The van der Waals surface area contributed by atoms with E-state index in [1.54, 1.807) is 0 Å². The minimum atomic E-state index is -0.893. The van der Waals surface area contributed by atoms with Crippen molar-refractivity contribution < 1.29 is 14.6 Å². The lowest BCUT2D eigenvalue weighted by atomic mass is 10.0. The summed E-state index contributed by atoms with van der Waals surface area (Å²) >= 11 is 0. The van der Waals surface area contributed by atoms with Crippen molar-refractivity contribution in [1.29, 1.82) is 0 Å². The van der Waals surface area contributed by atoms with Crippen molar-refractivity contribution in [3.8, 4) is 11.5 Å². The lowest BCUT2D eigenvalue weighted by Crippen LogP contribution is -2.09. The molecule has 0 amide bonds. The highest BCUT2D eigenvalue weighted by Crippen LogP contribution is 2.24. The van der Waals surface area contributed by atoms with Crippen molar-refractivity contribution in [3.63, 3.8) is 0 Å². The van der Waals surface area contributed by atoms with Gasteiger partial charge in [-0.3, -0.25) is 0 Å². The molecule has 0 bridgehead atoms. The molecule has 31 heavy (non-hydrogen) atoms. The smallest absolute Gasteiger partial charge is 0.143 e. The summed E-state index contributed by atoms with van der Waals surface area (Å²) in [5, 5.41) is 17.1. The molecule has 0 aromatic heterocycles. The molecule has 0 fully saturated rings. The minimum absolute atomic E-state index is 0.412. The summed E-state index contributed by atoms with van der Waals surface area (Å²) < 4.78 is 11.5. The van der Waals surface area contributed by atoms with Gasteiger partial charge in [-0.2, -0.15) is 0 Å². The maximum absolute atomic E-state index is 12.5. The molecule has 0 aliphatic rings. The van der Waals surface area contributed by atoms with Crippen LogP contribution in [0.2, 0.25) is 0 Å². The normalized spacial score (nSPS) is 11.5. The Balaban J connectivity index is 1.22. The van der Waals surface area contributed by atoms with Crippen LogP contribution in [0.4, 0.5) is 11.4 Å². The third kappa shape index (κ3) is 5.87. The Morgan fingerprint density at radius 2 is 1.00 bits per heavy atom. The van der Waals surface area contributed by atoms with Gasteiger partial charge in [0.25, 0.3) is 0 Å². The Bertz CT molecular complexity index is 1050. The van der Waals surface area contributed by atoms with Gasteiger partial charge in [-0.25, -0.2) is 10.4 Å². The average Bonchev–Trinajstić information content (AvgIpc) is 2.84. The Labute approximate surface area is 182 Å². The number of benzene rings is 4. The molecule has 154 valence electrons. The van der Waals surface area contributed by atoms with E-state index in [1.807, 2.05) is 109 Å². The molecule has 0 aliphatic carbocycles. The molecule has 4 aromatic rings. The van der Waals surface area contributed by atoms with Crippen LogP contribution in [-0.4, -0.2) is 13.2 Å². The molecule has 0 saturated heterocycles. The molecule has 4 nitrogen and oxygen atoms in total. The van der Waals surface area contributed by atoms with E-state index in [2.05, 4.69) is 5.32 Å². The van der Waals surface area contributed by atoms with Crippen LogP contribution in [0, 0.1) is 0 Å². The highest BCUT2D eigenvalue weighted by molar-refractivity contribution is 5.49. The Morgan fingerprint density at radius 3 is 1.58 bits per heavy atom. The lowest BCUT2D eigenvalue weighted by Gasteiger charge is -2.11. The SMILES string of the molecule is [O]C(c1ccccc1)c1ccc(OCCOc2ccc([N]c3ccccc3)cc2)cc1. The van der Waals surface area contributed by atoms with Crippen LogP contribution < -0.4 is 14.8 Å². The first kappa shape index (κ1) is 20.5. The fourth-order valence-corrected chi connectivity index (χ4v) is 3.15. The van der Waals surface area contributed by atoms with Crippen molar-refractivity contribution in [2.24, 2.45) is 0 Å². The van der Waals surface area contributed by atoms with E-state index in [0.29, 0.717) is 19.0 Å². The number of para-hydroxylation sites is 1. The second-order valence-corrected chi connectivity index (χ2v) is 7.00. The van der Waals surface area contributed by atoms with E-state index in [4.69, 9.17) is 9.47 Å². The van der Waals surface area contributed by atoms with Crippen LogP contribution in [-0.2, 0) is 5.11 Å². The second kappa shape index (κ2) is 10.3. The van der Waals surface area contributed by atoms with E-state index in [-0.39, 0.29) is 0 Å². The van der Waals surface area contributed by atoms with Gasteiger partial charge in [0.1, 0.15) is 30.8 Å². The van der Waals surface area contributed by atoms with E-state index < -0.39 is 6.10 Å². The Kier molecular flexibility index (Phi) is 6.83. The third-order valence-corrected chi connectivity index (χ3v) is 4.76. The molecule has 2 radical (unpaired) electrons. The monoisotopic (exact) mass is 409 g/mol. The number of hydrogen-bond donors (Lipinski definition) is 0. The first-order valence-electron chi connectivity index (χ1n) is 10.2. The number of hydrogen-bond acceptors (Lipinski definition) is 2. The second-order valence-electron chi connectivity index (χ2n) is 7.00. The Hall–Kier alpha value is -3.76. The van der Waals surface area contributed by atoms with Crippen LogP contribution in [0.15, 0.2) is 109 Å². The molecule has 1 unspecified atom stereocenters. The number of ether oxygens (including phenoxy) is 2. The van der Waals surface area contributed by atoms with E-state index >= 15 is 0 Å². The molecular formula is C27H23NO3. The summed E-state index contributed by atoms with van der Waals surface area (Å²) in [5.41, 5.74) is 3.27.